The van der Waals surface area contributed by atoms with Gasteiger partial charge in [0.2, 0.25) is 0 Å². The van der Waals surface area contributed by atoms with E-state index < -0.39 is 31.4 Å². The lowest BCUT2D eigenvalue weighted by Crippen LogP contribution is -2.48. The number of alkyl halides is 4. The molecule has 1 aliphatic heterocycles. The summed E-state index contributed by atoms with van der Waals surface area (Å²) in [7, 11) is 0. The quantitative estimate of drug-likeness (QED) is 0.374. The lowest BCUT2D eigenvalue weighted by Gasteiger charge is -2.33. The van der Waals surface area contributed by atoms with Gasteiger partial charge in [-0.3, -0.25) is 0 Å². The number of halogens is 5. The Morgan fingerprint density at radius 3 is 1.64 bits per heavy atom. The Bertz CT molecular complexity index is 145. The van der Waals surface area contributed by atoms with Gasteiger partial charge in [0.1, 0.15) is 0 Å². The second-order valence-corrected chi connectivity index (χ2v) is 4.03. The summed E-state index contributed by atoms with van der Waals surface area (Å²) in [5.74, 6) is -6.49. The summed E-state index contributed by atoms with van der Waals surface area (Å²) in [5.41, 5.74) is 0. The van der Waals surface area contributed by atoms with Crippen LogP contribution in [0, 0.1) is 0 Å². The van der Waals surface area contributed by atoms with Gasteiger partial charge in [-0.2, -0.15) is 0 Å². The van der Waals surface area contributed by atoms with E-state index in [4.69, 9.17) is 0 Å². The van der Waals surface area contributed by atoms with E-state index >= 15 is 0 Å². The van der Waals surface area contributed by atoms with Crippen molar-refractivity contribution < 1.29 is 17.6 Å². The van der Waals surface area contributed by atoms with Crippen LogP contribution in [0.15, 0.2) is 0 Å². The molecule has 1 aliphatic rings. The average molecular weight is 283 g/mol. The SMILES string of the molecule is FC1(F)CN(I)CC(F)(F)C1. The molecule has 1 nitrogen and oxygen atoms in total. The number of rotatable bonds is 0. The molecule has 0 aromatic heterocycles. The molecule has 0 unspecified atom stereocenters. The van der Waals surface area contributed by atoms with Crippen LogP contribution in [0.4, 0.5) is 17.6 Å². The first-order chi connectivity index (χ1) is 4.81. The van der Waals surface area contributed by atoms with Crippen molar-refractivity contribution in [1.82, 2.24) is 3.11 Å². The minimum absolute atomic E-state index is 0.580. The fourth-order valence-electron chi connectivity index (χ4n) is 1.05. The first-order valence-corrected chi connectivity index (χ1v) is 3.94. The molecule has 0 N–H and O–H groups in total. The topological polar surface area (TPSA) is 3.24 Å². The highest BCUT2D eigenvalue weighted by Crippen LogP contribution is 2.37. The fourth-order valence-corrected chi connectivity index (χ4v) is 2.05. The van der Waals surface area contributed by atoms with Gasteiger partial charge in [0.05, 0.1) is 19.5 Å². The molecule has 0 radical (unpaired) electrons. The summed E-state index contributed by atoms with van der Waals surface area (Å²) >= 11 is 1.48. The lowest BCUT2D eigenvalue weighted by molar-refractivity contribution is -0.148. The summed E-state index contributed by atoms with van der Waals surface area (Å²) in [4.78, 5) is 0. The minimum Gasteiger partial charge on any atom is -0.235 e. The molecular formula is C5H6F4IN. The van der Waals surface area contributed by atoms with Crippen LogP contribution >= 0.6 is 22.9 Å². The molecule has 0 amide bonds. The van der Waals surface area contributed by atoms with E-state index in [1.807, 2.05) is 0 Å². The zero-order valence-electron chi connectivity index (χ0n) is 5.46. The Balaban J connectivity index is 2.66. The molecule has 1 fully saturated rings. The van der Waals surface area contributed by atoms with Crippen LogP contribution in [0.25, 0.3) is 0 Å². The number of hydrogen-bond acceptors (Lipinski definition) is 1. The van der Waals surface area contributed by atoms with E-state index in [1.54, 1.807) is 0 Å². The van der Waals surface area contributed by atoms with Gasteiger partial charge in [-0.05, 0) is 0 Å². The lowest BCUT2D eigenvalue weighted by atomic mass is 10.1. The van der Waals surface area contributed by atoms with Crippen molar-refractivity contribution in [2.75, 3.05) is 13.1 Å². The smallest absolute Gasteiger partial charge is 0.235 e. The Morgan fingerprint density at radius 1 is 1.00 bits per heavy atom. The summed E-state index contributed by atoms with van der Waals surface area (Å²) in [6.07, 6.45) is -1.32. The molecule has 0 aromatic rings. The van der Waals surface area contributed by atoms with Crippen LogP contribution in [0.5, 0.6) is 0 Å². The van der Waals surface area contributed by atoms with Crippen LogP contribution in [-0.4, -0.2) is 28.0 Å². The molecule has 0 aliphatic carbocycles. The third-order valence-corrected chi connectivity index (χ3v) is 2.01. The van der Waals surface area contributed by atoms with Gasteiger partial charge < -0.3 is 0 Å². The Morgan fingerprint density at radius 2 is 1.36 bits per heavy atom. The third kappa shape index (κ3) is 2.73. The van der Waals surface area contributed by atoms with Gasteiger partial charge >= 0.3 is 0 Å². The van der Waals surface area contributed by atoms with Crippen molar-refractivity contribution in [1.29, 1.82) is 0 Å². The van der Waals surface area contributed by atoms with Gasteiger partial charge in [0.15, 0.2) is 0 Å². The zero-order chi connectivity index (χ0) is 8.70. The largest absolute Gasteiger partial charge is 0.267 e. The van der Waals surface area contributed by atoms with Crippen molar-refractivity contribution in [3.8, 4) is 0 Å². The van der Waals surface area contributed by atoms with Gasteiger partial charge in [0, 0.05) is 22.9 Å². The molecule has 11 heavy (non-hydrogen) atoms. The van der Waals surface area contributed by atoms with Crippen LogP contribution in [0.2, 0.25) is 0 Å². The Hall–Kier alpha value is 0.410. The Labute approximate surface area is 75.2 Å². The summed E-state index contributed by atoms with van der Waals surface area (Å²) in [6.45, 7) is -1.16. The maximum absolute atomic E-state index is 12.4. The second kappa shape index (κ2) is 2.72. The van der Waals surface area contributed by atoms with Gasteiger partial charge in [-0.25, -0.2) is 20.7 Å². The zero-order valence-corrected chi connectivity index (χ0v) is 7.62. The molecule has 1 heterocycles. The highest BCUT2D eigenvalue weighted by atomic mass is 127. The maximum Gasteiger partial charge on any atom is 0.267 e. The molecule has 0 bridgehead atoms. The van der Waals surface area contributed by atoms with E-state index in [9.17, 15) is 17.6 Å². The van der Waals surface area contributed by atoms with Crippen molar-refractivity contribution >= 4 is 22.9 Å². The van der Waals surface area contributed by atoms with Gasteiger partial charge in [0.25, 0.3) is 11.8 Å². The molecule has 66 valence electrons. The molecule has 6 heteroatoms. The normalized spacial score (nSPS) is 30.3. The van der Waals surface area contributed by atoms with E-state index in [1.165, 1.54) is 22.9 Å². The summed E-state index contributed by atoms with van der Waals surface area (Å²) in [6, 6.07) is 0. The number of piperidine rings is 1. The predicted octanol–water partition coefficient (Wildman–Crippen LogP) is 2.31. The highest BCUT2D eigenvalue weighted by Gasteiger charge is 2.49. The van der Waals surface area contributed by atoms with E-state index in [0.717, 1.165) is 3.11 Å². The fraction of sp³-hybridized carbons (Fsp3) is 1.00. The predicted molar refractivity (Wildman–Crippen MR) is 40.1 cm³/mol. The Kier molecular flexibility index (Phi) is 2.35. The standard InChI is InChI=1S/C5H6F4IN/c6-4(7)1-5(8,9)3-11(10)2-4/h1-3H2. The molecule has 0 spiro atoms. The van der Waals surface area contributed by atoms with Gasteiger partial charge in [-0.15, -0.1) is 0 Å². The molecule has 0 saturated carbocycles. The van der Waals surface area contributed by atoms with Crippen LogP contribution < -0.4 is 0 Å². The molecule has 0 atom stereocenters. The number of nitrogens with zero attached hydrogens (tertiary/aromatic N) is 1. The average Bonchev–Trinajstić information content (AvgIpc) is 1.49. The van der Waals surface area contributed by atoms with Crippen molar-refractivity contribution in [2.24, 2.45) is 0 Å². The number of hydrogen-bond donors (Lipinski definition) is 0. The monoisotopic (exact) mass is 283 g/mol. The van der Waals surface area contributed by atoms with Crippen LogP contribution in [0.1, 0.15) is 6.42 Å². The van der Waals surface area contributed by atoms with E-state index in [0.29, 0.717) is 0 Å². The van der Waals surface area contributed by atoms with Crippen molar-refractivity contribution in [2.45, 2.75) is 18.3 Å². The van der Waals surface area contributed by atoms with Crippen molar-refractivity contribution in [3.63, 3.8) is 0 Å². The highest BCUT2D eigenvalue weighted by molar-refractivity contribution is 14.1. The van der Waals surface area contributed by atoms with E-state index in [2.05, 4.69) is 0 Å². The third-order valence-electron chi connectivity index (χ3n) is 1.32. The molecular weight excluding hydrogens is 277 g/mol. The van der Waals surface area contributed by atoms with Gasteiger partial charge in [-0.1, -0.05) is 0 Å². The van der Waals surface area contributed by atoms with E-state index in [-0.39, 0.29) is 0 Å². The van der Waals surface area contributed by atoms with Crippen molar-refractivity contribution in [3.05, 3.63) is 0 Å². The van der Waals surface area contributed by atoms with Crippen LogP contribution in [-0.2, 0) is 0 Å². The molecule has 1 saturated heterocycles. The molecule has 1 rings (SSSR count). The maximum atomic E-state index is 12.4. The van der Waals surface area contributed by atoms with Crippen LogP contribution in [0.3, 0.4) is 0 Å². The summed E-state index contributed by atoms with van der Waals surface area (Å²) < 4.78 is 50.6. The molecule has 0 aromatic carbocycles. The summed E-state index contributed by atoms with van der Waals surface area (Å²) in [5, 5.41) is 0. The second-order valence-electron chi connectivity index (χ2n) is 2.67. The minimum atomic E-state index is -3.25. The first-order valence-electron chi connectivity index (χ1n) is 2.97. The first kappa shape index (κ1) is 9.50.